The summed E-state index contributed by atoms with van der Waals surface area (Å²) >= 11 is 0. The van der Waals surface area contributed by atoms with Gasteiger partial charge in [0.15, 0.2) is 0 Å². The smallest absolute Gasteiger partial charge is 0.239 e. The van der Waals surface area contributed by atoms with Gasteiger partial charge in [-0.05, 0) is 6.92 Å². The van der Waals surface area contributed by atoms with Crippen LogP contribution in [0.4, 0.5) is 11.8 Å². The molecule has 0 aliphatic heterocycles. The first-order valence-electron chi connectivity index (χ1n) is 5.29. The Morgan fingerprint density at radius 3 is 3.06 bits per heavy atom. The first-order chi connectivity index (χ1) is 8.29. The average molecular weight is 233 g/mol. The van der Waals surface area contributed by atoms with Crippen LogP contribution in [0.3, 0.4) is 0 Å². The minimum atomic E-state index is 0.403. The molecule has 0 radical (unpaired) electrons. The average Bonchev–Trinajstić information content (AvgIpc) is 2.84. The molecule has 7 nitrogen and oxygen atoms in total. The SMILES string of the molecule is Cc1cnc(NN)nc1NCCn1ccnc1. The molecule has 0 unspecified atom stereocenters. The van der Waals surface area contributed by atoms with Crippen molar-refractivity contribution in [2.24, 2.45) is 5.84 Å². The molecule has 2 aromatic heterocycles. The number of rotatable bonds is 5. The Morgan fingerprint density at radius 1 is 1.47 bits per heavy atom. The molecule has 0 spiro atoms. The van der Waals surface area contributed by atoms with Crippen LogP contribution >= 0.6 is 0 Å². The topological polar surface area (TPSA) is 93.7 Å². The van der Waals surface area contributed by atoms with Gasteiger partial charge in [0.1, 0.15) is 5.82 Å². The van der Waals surface area contributed by atoms with E-state index in [1.807, 2.05) is 17.7 Å². The molecule has 2 heterocycles. The number of aromatic nitrogens is 4. The van der Waals surface area contributed by atoms with Gasteiger partial charge in [-0.2, -0.15) is 4.98 Å². The highest BCUT2D eigenvalue weighted by molar-refractivity contribution is 5.45. The van der Waals surface area contributed by atoms with Gasteiger partial charge >= 0.3 is 0 Å². The number of nitrogens with zero attached hydrogens (tertiary/aromatic N) is 4. The predicted molar refractivity (Wildman–Crippen MR) is 65.3 cm³/mol. The number of aryl methyl sites for hydroxylation is 1. The zero-order valence-corrected chi connectivity index (χ0v) is 9.59. The van der Waals surface area contributed by atoms with Crippen molar-refractivity contribution in [3.05, 3.63) is 30.5 Å². The van der Waals surface area contributed by atoms with E-state index in [2.05, 4.69) is 25.7 Å². The van der Waals surface area contributed by atoms with Crippen LogP contribution in [-0.2, 0) is 6.54 Å². The van der Waals surface area contributed by atoms with Gasteiger partial charge in [0.2, 0.25) is 5.95 Å². The van der Waals surface area contributed by atoms with Crippen molar-refractivity contribution in [3.8, 4) is 0 Å². The molecule has 17 heavy (non-hydrogen) atoms. The monoisotopic (exact) mass is 233 g/mol. The fourth-order valence-electron chi connectivity index (χ4n) is 1.41. The molecule has 2 rings (SSSR count). The Bertz CT molecular complexity index is 466. The lowest BCUT2D eigenvalue weighted by Crippen LogP contribution is -2.15. The van der Waals surface area contributed by atoms with Gasteiger partial charge in [-0.1, -0.05) is 0 Å². The summed E-state index contributed by atoms with van der Waals surface area (Å²) in [5.41, 5.74) is 3.40. The normalized spacial score (nSPS) is 10.2. The molecule has 4 N–H and O–H groups in total. The molecule has 0 fully saturated rings. The van der Waals surface area contributed by atoms with E-state index in [0.717, 1.165) is 24.5 Å². The highest BCUT2D eigenvalue weighted by Gasteiger charge is 2.01. The van der Waals surface area contributed by atoms with Crippen LogP contribution in [0, 0.1) is 6.92 Å². The van der Waals surface area contributed by atoms with Crippen molar-refractivity contribution in [3.63, 3.8) is 0 Å². The number of nitrogens with two attached hydrogens (primary N) is 1. The number of hydrogen-bond donors (Lipinski definition) is 3. The first kappa shape index (κ1) is 11.3. The molecule has 0 saturated carbocycles. The molecule has 0 saturated heterocycles. The zero-order valence-electron chi connectivity index (χ0n) is 9.59. The third-order valence-corrected chi connectivity index (χ3v) is 2.32. The van der Waals surface area contributed by atoms with Gasteiger partial charge in [0.25, 0.3) is 0 Å². The summed E-state index contributed by atoms with van der Waals surface area (Å²) in [6.45, 7) is 3.53. The van der Waals surface area contributed by atoms with Crippen molar-refractivity contribution < 1.29 is 0 Å². The largest absolute Gasteiger partial charge is 0.368 e. The second-order valence-corrected chi connectivity index (χ2v) is 3.60. The summed E-state index contributed by atoms with van der Waals surface area (Å²) in [6.07, 6.45) is 7.18. The second kappa shape index (κ2) is 5.26. The van der Waals surface area contributed by atoms with Gasteiger partial charge < -0.3 is 9.88 Å². The Balaban J connectivity index is 1.94. The van der Waals surface area contributed by atoms with E-state index in [4.69, 9.17) is 5.84 Å². The van der Waals surface area contributed by atoms with Crippen LogP contribution in [0.25, 0.3) is 0 Å². The van der Waals surface area contributed by atoms with E-state index >= 15 is 0 Å². The quantitative estimate of drug-likeness (QED) is 0.510. The number of hydrazine groups is 1. The van der Waals surface area contributed by atoms with Gasteiger partial charge in [-0.3, -0.25) is 5.43 Å². The molecule has 0 amide bonds. The van der Waals surface area contributed by atoms with Crippen molar-refractivity contribution in [1.29, 1.82) is 0 Å². The van der Waals surface area contributed by atoms with Crippen molar-refractivity contribution in [2.45, 2.75) is 13.5 Å². The number of anilines is 2. The number of hydrogen-bond acceptors (Lipinski definition) is 6. The maximum absolute atomic E-state index is 5.26. The van der Waals surface area contributed by atoms with Gasteiger partial charge in [0, 0.05) is 37.2 Å². The fraction of sp³-hybridized carbons (Fsp3) is 0.300. The van der Waals surface area contributed by atoms with Crippen LogP contribution in [0.2, 0.25) is 0 Å². The highest BCUT2D eigenvalue weighted by Crippen LogP contribution is 2.11. The van der Waals surface area contributed by atoms with E-state index in [-0.39, 0.29) is 0 Å². The molecule has 0 aromatic carbocycles. The third-order valence-electron chi connectivity index (χ3n) is 2.32. The van der Waals surface area contributed by atoms with E-state index in [1.165, 1.54) is 0 Å². The first-order valence-corrected chi connectivity index (χ1v) is 5.29. The molecule has 90 valence electrons. The van der Waals surface area contributed by atoms with Crippen molar-refractivity contribution >= 4 is 11.8 Å². The Hall–Kier alpha value is -2.15. The van der Waals surface area contributed by atoms with Crippen molar-refractivity contribution in [2.75, 3.05) is 17.3 Å². The molecular weight excluding hydrogens is 218 g/mol. The van der Waals surface area contributed by atoms with Crippen LogP contribution < -0.4 is 16.6 Å². The number of imidazole rings is 1. The molecular formula is C10H15N7. The van der Waals surface area contributed by atoms with E-state index < -0.39 is 0 Å². The lowest BCUT2D eigenvalue weighted by atomic mass is 10.3. The molecule has 0 aliphatic rings. The summed E-state index contributed by atoms with van der Waals surface area (Å²) in [7, 11) is 0. The highest BCUT2D eigenvalue weighted by atomic mass is 15.3. The maximum atomic E-state index is 5.26. The number of nitrogen functional groups attached to an aromatic ring is 1. The fourth-order valence-corrected chi connectivity index (χ4v) is 1.41. The summed E-state index contributed by atoms with van der Waals surface area (Å²) < 4.78 is 1.99. The van der Waals surface area contributed by atoms with Crippen LogP contribution in [-0.4, -0.2) is 26.1 Å². The third kappa shape index (κ3) is 2.91. The van der Waals surface area contributed by atoms with Gasteiger partial charge in [-0.25, -0.2) is 15.8 Å². The summed E-state index contributed by atoms with van der Waals surface area (Å²) in [4.78, 5) is 12.2. The lowest BCUT2D eigenvalue weighted by molar-refractivity contribution is 0.724. The standard InChI is InChI=1S/C10H15N7/c1-8-6-14-10(16-11)15-9(8)13-3-5-17-4-2-12-7-17/h2,4,6-7H,3,5,11H2,1H3,(H2,13,14,15,16). The molecule has 0 aliphatic carbocycles. The lowest BCUT2D eigenvalue weighted by Gasteiger charge is -2.09. The van der Waals surface area contributed by atoms with Crippen LogP contribution in [0.15, 0.2) is 24.9 Å². The predicted octanol–water partition coefficient (Wildman–Crippen LogP) is 0.379. The maximum Gasteiger partial charge on any atom is 0.239 e. The Labute approximate surface area is 99.1 Å². The Morgan fingerprint density at radius 2 is 2.35 bits per heavy atom. The van der Waals surface area contributed by atoms with Gasteiger partial charge in [-0.15, -0.1) is 0 Å². The summed E-state index contributed by atoms with van der Waals surface area (Å²) in [6, 6.07) is 0. The minimum Gasteiger partial charge on any atom is -0.368 e. The molecule has 0 atom stereocenters. The van der Waals surface area contributed by atoms with E-state index in [0.29, 0.717) is 5.95 Å². The van der Waals surface area contributed by atoms with E-state index in [9.17, 15) is 0 Å². The van der Waals surface area contributed by atoms with Crippen LogP contribution in [0.5, 0.6) is 0 Å². The zero-order chi connectivity index (χ0) is 12.1. The number of nitrogens with one attached hydrogen (secondary N) is 2. The Kier molecular flexibility index (Phi) is 3.51. The van der Waals surface area contributed by atoms with Gasteiger partial charge in [0.05, 0.1) is 6.33 Å². The van der Waals surface area contributed by atoms with Crippen LogP contribution in [0.1, 0.15) is 5.56 Å². The second-order valence-electron chi connectivity index (χ2n) is 3.60. The summed E-state index contributed by atoms with van der Waals surface area (Å²) in [5, 5.41) is 3.23. The van der Waals surface area contributed by atoms with Crippen molar-refractivity contribution in [1.82, 2.24) is 19.5 Å². The molecule has 2 aromatic rings. The summed E-state index contributed by atoms with van der Waals surface area (Å²) in [5.74, 6) is 6.45. The molecule has 7 heteroatoms. The molecule has 0 bridgehead atoms. The van der Waals surface area contributed by atoms with E-state index in [1.54, 1.807) is 18.7 Å². The minimum absolute atomic E-state index is 0.403.